The smallest absolute Gasteiger partial charge is 0.264 e. The van der Waals surface area contributed by atoms with Gasteiger partial charge < -0.3 is 0 Å². The molecule has 0 aliphatic heterocycles. The summed E-state index contributed by atoms with van der Waals surface area (Å²) < 4.78 is 33.5. The summed E-state index contributed by atoms with van der Waals surface area (Å²) in [6, 6.07) is 0. The zero-order valence-electron chi connectivity index (χ0n) is 7.49. The van der Waals surface area contributed by atoms with Crippen LogP contribution in [0.4, 0.5) is 0 Å². The molecule has 0 bridgehead atoms. The van der Waals surface area contributed by atoms with Gasteiger partial charge in [-0.25, -0.2) is 4.18 Å². The van der Waals surface area contributed by atoms with Crippen molar-refractivity contribution in [3.8, 4) is 0 Å². The summed E-state index contributed by atoms with van der Waals surface area (Å²) in [5.74, 6) is 0. The Bertz CT molecular complexity index is 191. The molecule has 1 N–H and O–H groups in total. The lowest BCUT2D eigenvalue weighted by Crippen LogP contribution is -2.17. The van der Waals surface area contributed by atoms with Crippen molar-refractivity contribution in [2.45, 2.75) is 45.6 Å². The first-order chi connectivity index (χ1) is 5.49. The third-order valence-corrected chi connectivity index (χ3v) is 1.99. The average Bonchev–Trinajstić information content (AvgIpc) is 1.84. The molecule has 0 aromatic rings. The topological polar surface area (TPSA) is 63.6 Å². The Morgan fingerprint density at radius 2 is 1.67 bits per heavy atom. The molecular formula is C7H16O4S. The molecule has 0 saturated carbocycles. The van der Waals surface area contributed by atoms with Crippen molar-refractivity contribution < 1.29 is 17.2 Å². The van der Waals surface area contributed by atoms with E-state index in [0.717, 1.165) is 12.8 Å². The van der Waals surface area contributed by atoms with Crippen molar-refractivity contribution in [1.29, 1.82) is 0 Å². The van der Waals surface area contributed by atoms with Crippen LogP contribution < -0.4 is 0 Å². The van der Waals surface area contributed by atoms with E-state index >= 15 is 0 Å². The molecule has 0 heterocycles. The second-order valence-corrected chi connectivity index (χ2v) is 3.77. The summed E-state index contributed by atoms with van der Waals surface area (Å²) in [4.78, 5) is 0. The van der Waals surface area contributed by atoms with Crippen molar-refractivity contribution in [3.63, 3.8) is 0 Å². The van der Waals surface area contributed by atoms with Crippen LogP contribution in [0.2, 0.25) is 0 Å². The minimum absolute atomic E-state index is 0.366. The largest absolute Gasteiger partial charge is 0.397 e. The Kier molecular flexibility index (Phi) is 5.44. The second-order valence-electron chi connectivity index (χ2n) is 2.72. The third-order valence-electron chi connectivity index (χ3n) is 1.48. The van der Waals surface area contributed by atoms with Crippen molar-refractivity contribution in [2.75, 3.05) is 0 Å². The molecule has 0 unspecified atom stereocenters. The Hall–Kier alpha value is -0.130. The maximum Gasteiger partial charge on any atom is 0.397 e. The zero-order chi connectivity index (χ0) is 9.61. The Labute approximate surface area is 73.9 Å². The lowest BCUT2D eigenvalue weighted by Gasteiger charge is -2.12. The maximum absolute atomic E-state index is 10.3. The van der Waals surface area contributed by atoms with Crippen LogP contribution in [-0.2, 0) is 14.6 Å². The summed E-state index contributed by atoms with van der Waals surface area (Å²) in [7, 11) is -4.27. The van der Waals surface area contributed by atoms with Crippen molar-refractivity contribution in [2.24, 2.45) is 0 Å². The van der Waals surface area contributed by atoms with Gasteiger partial charge >= 0.3 is 10.4 Å². The van der Waals surface area contributed by atoms with Crippen LogP contribution in [0.3, 0.4) is 0 Å². The fourth-order valence-electron chi connectivity index (χ4n) is 1.06. The Balaban J connectivity index is 3.95. The van der Waals surface area contributed by atoms with Gasteiger partial charge in [0.1, 0.15) is 0 Å². The highest BCUT2D eigenvalue weighted by Gasteiger charge is 2.14. The van der Waals surface area contributed by atoms with Gasteiger partial charge in [-0.1, -0.05) is 26.7 Å². The fourth-order valence-corrected chi connectivity index (χ4v) is 1.59. The third kappa shape index (κ3) is 6.57. The van der Waals surface area contributed by atoms with Gasteiger partial charge in [0.2, 0.25) is 0 Å². The van der Waals surface area contributed by atoms with E-state index in [1.807, 2.05) is 13.8 Å². The molecule has 0 saturated heterocycles. The van der Waals surface area contributed by atoms with E-state index in [1.54, 1.807) is 0 Å². The van der Waals surface area contributed by atoms with E-state index in [2.05, 4.69) is 4.18 Å². The Morgan fingerprint density at radius 1 is 1.25 bits per heavy atom. The highest BCUT2D eigenvalue weighted by Crippen LogP contribution is 2.11. The molecule has 0 fully saturated rings. The first-order valence-corrected chi connectivity index (χ1v) is 5.51. The molecule has 12 heavy (non-hydrogen) atoms. The first kappa shape index (κ1) is 11.9. The molecule has 0 aliphatic rings. The minimum Gasteiger partial charge on any atom is -0.264 e. The van der Waals surface area contributed by atoms with Gasteiger partial charge in [-0.3, -0.25) is 4.55 Å². The number of hydrogen-bond donors (Lipinski definition) is 1. The van der Waals surface area contributed by atoms with E-state index in [1.165, 1.54) is 0 Å². The van der Waals surface area contributed by atoms with Crippen molar-refractivity contribution in [1.82, 2.24) is 0 Å². The van der Waals surface area contributed by atoms with E-state index in [0.29, 0.717) is 12.8 Å². The molecule has 74 valence electrons. The van der Waals surface area contributed by atoms with Gasteiger partial charge in [-0.05, 0) is 12.8 Å². The van der Waals surface area contributed by atoms with Gasteiger partial charge in [0.15, 0.2) is 0 Å². The van der Waals surface area contributed by atoms with Crippen LogP contribution in [0.1, 0.15) is 39.5 Å². The van der Waals surface area contributed by atoms with Gasteiger partial charge in [-0.2, -0.15) is 8.42 Å². The van der Waals surface area contributed by atoms with Crippen LogP contribution in [0.15, 0.2) is 0 Å². The summed E-state index contributed by atoms with van der Waals surface area (Å²) >= 11 is 0. The van der Waals surface area contributed by atoms with Crippen molar-refractivity contribution in [3.05, 3.63) is 0 Å². The highest BCUT2D eigenvalue weighted by atomic mass is 32.3. The van der Waals surface area contributed by atoms with E-state index in [4.69, 9.17) is 4.55 Å². The fraction of sp³-hybridized carbons (Fsp3) is 1.00. The predicted octanol–water partition coefficient (Wildman–Crippen LogP) is 1.77. The van der Waals surface area contributed by atoms with Gasteiger partial charge in [0, 0.05) is 0 Å². The monoisotopic (exact) mass is 196 g/mol. The summed E-state index contributed by atoms with van der Waals surface area (Å²) in [6.45, 7) is 3.88. The standard InChI is InChI=1S/C7H16O4S/c1-3-5-7(6-4-2)11-12(8,9)10/h7H,3-6H2,1-2H3,(H,8,9,10). The summed E-state index contributed by atoms with van der Waals surface area (Å²) in [6.07, 6.45) is 2.65. The van der Waals surface area contributed by atoms with Crippen LogP contribution in [0.25, 0.3) is 0 Å². The molecule has 0 aromatic carbocycles. The van der Waals surface area contributed by atoms with Gasteiger partial charge in [0.05, 0.1) is 6.10 Å². The lowest BCUT2D eigenvalue weighted by atomic mass is 10.1. The maximum atomic E-state index is 10.3. The predicted molar refractivity (Wildman–Crippen MR) is 46.2 cm³/mol. The number of hydrogen-bond acceptors (Lipinski definition) is 3. The van der Waals surface area contributed by atoms with Gasteiger partial charge in [0.25, 0.3) is 0 Å². The average molecular weight is 196 g/mol. The lowest BCUT2D eigenvalue weighted by molar-refractivity contribution is 0.162. The molecule has 0 rings (SSSR count). The Morgan fingerprint density at radius 3 is 1.92 bits per heavy atom. The quantitative estimate of drug-likeness (QED) is 0.658. The van der Waals surface area contributed by atoms with E-state index in [9.17, 15) is 8.42 Å². The molecule has 4 nitrogen and oxygen atoms in total. The minimum atomic E-state index is -4.27. The van der Waals surface area contributed by atoms with Crippen molar-refractivity contribution >= 4 is 10.4 Å². The highest BCUT2D eigenvalue weighted by molar-refractivity contribution is 7.80. The van der Waals surface area contributed by atoms with Crippen LogP contribution in [-0.4, -0.2) is 19.1 Å². The van der Waals surface area contributed by atoms with Gasteiger partial charge in [-0.15, -0.1) is 0 Å². The second kappa shape index (κ2) is 5.50. The SMILES string of the molecule is CCCC(CCC)OS(=O)(=O)O. The summed E-state index contributed by atoms with van der Waals surface area (Å²) in [5, 5.41) is 0. The molecule has 0 aliphatic carbocycles. The van der Waals surface area contributed by atoms with E-state index in [-0.39, 0.29) is 6.10 Å². The molecular weight excluding hydrogens is 180 g/mol. The molecule has 0 radical (unpaired) electrons. The molecule has 0 amide bonds. The molecule has 0 atom stereocenters. The summed E-state index contributed by atoms with van der Waals surface area (Å²) in [5.41, 5.74) is 0. The van der Waals surface area contributed by atoms with Crippen LogP contribution in [0.5, 0.6) is 0 Å². The normalized spacial score (nSPS) is 12.3. The van der Waals surface area contributed by atoms with Crippen LogP contribution >= 0.6 is 0 Å². The molecule has 0 spiro atoms. The zero-order valence-corrected chi connectivity index (χ0v) is 8.30. The number of rotatable bonds is 6. The van der Waals surface area contributed by atoms with E-state index < -0.39 is 10.4 Å². The first-order valence-electron chi connectivity index (χ1n) is 4.15. The molecule has 5 heteroatoms. The molecule has 0 aromatic heterocycles. The van der Waals surface area contributed by atoms with Crippen LogP contribution in [0, 0.1) is 0 Å².